The van der Waals surface area contributed by atoms with E-state index < -0.39 is 6.10 Å². The molecule has 1 aliphatic heterocycles. The fourth-order valence-corrected chi connectivity index (χ4v) is 1.92. The van der Waals surface area contributed by atoms with E-state index in [9.17, 15) is 5.11 Å². The van der Waals surface area contributed by atoms with Gasteiger partial charge in [-0.3, -0.25) is 4.90 Å². The summed E-state index contributed by atoms with van der Waals surface area (Å²) in [6.45, 7) is 12.9. The highest BCUT2D eigenvalue weighted by Crippen LogP contribution is 2.14. The van der Waals surface area contributed by atoms with Crippen LogP contribution < -0.4 is 0 Å². The molecular weight excluding hydrogens is 218 g/mol. The van der Waals surface area contributed by atoms with Crippen molar-refractivity contribution in [2.75, 3.05) is 26.3 Å². The molecule has 0 saturated carbocycles. The average Bonchev–Trinajstić information content (AvgIpc) is 2.21. The highest BCUT2D eigenvalue weighted by molar-refractivity contribution is 4.79. The van der Waals surface area contributed by atoms with E-state index >= 15 is 0 Å². The largest absolute Gasteiger partial charge is 0.389 e. The van der Waals surface area contributed by atoms with Gasteiger partial charge in [0, 0.05) is 19.1 Å². The van der Waals surface area contributed by atoms with E-state index in [-0.39, 0.29) is 11.7 Å². The number of nitrogens with zero attached hydrogens (tertiary/aromatic N) is 1. The third-order valence-electron chi connectivity index (χ3n) is 3.17. The summed E-state index contributed by atoms with van der Waals surface area (Å²) in [6.07, 6.45) is -0.193. The van der Waals surface area contributed by atoms with Crippen LogP contribution in [0, 0.1) is 0 Å². The maximum absolute atomic E-state index is 9.96. The number of ether oxygens (including phenoxy) is 2. The fourth-order valence-electron chi connectivity index (χ4n) is 1.92. The van der Waals surface area contributed by atoms with Crippen molar-refractivity contribution in [3.8, 4) is 0 Å². The Kier molecular flexibility index (Phi) is 5.38. The third kappa shape index (κ3) is 5.34. The summed E-state index contributed by atoms with van der Waals surface area (Å²) in [5.41, 5.74) is -0.190. The molecule has 1 N–H and O–H groups in total. The number of β-amino-alcohol motifs (C(OH)–C–C–N with tert-alkyl or cyclic N) is 1. The van der Waals surface area contributed by atoms with Gasteiger partial charge in [-0.05, 0) is 34.6 Å². The van der Waals surface area contributed by atoms with Crippen molar-refractivity contribution in [3.05, 3.63) is 0 Å². The monoisotopic (exact) mass is 245 g/mol. The van der Waals surface area contributed by atoms with Gasteiger partial charge >= 0.3 is 0 Å². The van der Waals surface area contributed by atoms with Crippen LogP contribution >= 0.6 is 0 Å². The maximum Gasteiger partial charge on any atom is 0.0900 e. The lowest BCUT2D eigenvalue weighted by molar-refractivity contribution is -0.0897. The molecule has 17 heavy (non-hydrogen) atoms. The second-order valence-corrected chi connectivity index (χ2v) is 5.89. The summed E-state index contributed by atoms with van der Waals surface area (Å²) in [5.74, 6) is 0. The maximum atomic E-state index is 9.96. The zero-order chi connectivity index (χ0) is 13.1. The highest BCUT2D eigenvalue weighted by atomic mass is 16.5. The van der Waals surface area contributed by atoms with Crippen LogP contribution in [0.2, 0.25) is 0 Å². The van der Waals surface area contributed by atoms with E-state index in [0.29, 0.717) is 19.2 Å². The molecule has 1 rings (SSSR count). The Morgan fingerprint density at radius 2 is 2.06 bits per heavy atom. The lowest BCUT2D eigenvalue weighted by Gasteiger charge is -2.39. The summed E-state index contributed by atoms with van der Waals surface area (Å²) in [6, 6.07) is 0.355. The molecule has 1 fully saturated rings. The number of rotatable bonds is 4. The molecule has 3 atom stereocenters. The van der Waals surface area contributed by atoms with Crippen LogP contribution in [0.15, 0.2) is 0 Å². The predicted octanol–water partition coefficient (Wildman–Crippen LogP) is 1.27. The minimum Gasteiger partial charge on any atom is -0.389 e. The van der Waals surface area contributed by atoms with E-state index in [0.717, 1.165) is 13.2 Å². The Morgan fingerprint density at radius 3 is 2.65 bits per heavy atom. The van der Waals surface area contributed by atoms with Crippen LogP contribution in [0.3, 0.4) is 0 Å². The Hall–Kier alpha value is -0.160. The smallest absolute Gasteiger partial charge is 0.0900 e. The first kappa shape index (κ1) is 14.9. The highest BCUT2D eigenvalue weighted by Gasteiger charge is 2.27. The standard InChI is InChI=1S/C13H27NO3/c1-10-11(2)16-7-6-14(10)8-12(15)9-17-13(3,4)5/h10-12,15H,6-9H2,1-5H3. The molecule has 4 nitrogen and oxygen atoms in total. The summed E-state index contributed by atoms with van der Waals surface area (Å²) in [4.78, 5) is 2.27. The van der Waals surface area contributed by atoms with Gasteiger partial charge in [-0.2, -0.15) is 0 Å². The Bertz CT molecular complexity index is 227. The van der Waals surface area contributed by atoms with Crippen LogP contribution in [-0.4, -0.2) is 60.2 Å². The number of hydrogen-bond acceptors (Lipinski definition) is 4. The van der Waals surface area contributed by atoms with Gasteiger partial charge in [0.1, 0.15) is 0 Å². The van der Waals surface area contributed by atoms with Crippen molar-refractivity contribution in [1.29, 1.82) is 0 Å². The molecule has 1 aliphatic rings. The van der Waals surface area contributed by atoms with Crippen LogP contribution in [0.1, 0.15) is 34.6 Å². The normalized spacial score (nSPS) is 29.3. The summed E-state index contributed by atoms with van der Waals surface area (Å²) < 4.78 is 11.1. The van der Waals surface area contributed by atoms with Crippen molar-refractivity contribution >= 4 is 0 Å². The molecule has 1 heterocycles. The number of aliphatic hydroxyl groups excluding tert-OH is 1. The zero-order valence-electron chi connectivity index (χ0n) is 11.8. The van der Waals surface area contributed by atoms with E-state index in [1.165, 1.54) is 0 Å². The third-order valence-corrected chi connectivity index (χ3v) is 3.17. The van der Waals surface area contributed by atoms with Crippen molar-refractivity contribution in [2.45, 2.75) is 58.5 Å². The molecular formula is C13H27NO3. The SMILES string of the molecule is CC1OCCN(CC(O)COC(C)(C)C)C1C. The molecule has 0 aliphatic carbocycles. The molecule has 0 aromatic carbocycles. The van der Waals surface area contributed by atoms with Crippen molar-refractivity contribution in [1.82, 2.24) is 4.90 Å². The molecule has 0 bridgehead atoms. The number of aliphatic hydroxyl groups is 1. The summed E-state index contributed by atoms with van der Waals surface area (Å²) >= 11 is 0. The van der Waals surface area contributed by atoms with Crippen LogP contribution in [0.25, 0.3) is 0 Å². The molecule has 0 aromatic rings. The fraction of sp³-hybridized carbons (Fsp3) is 1.00. The minimum absolute atomic E-state index is 0.190. The molecule has 0 aromatic heterocycles. The van der Waals surface area contributed by atoms with Crippen molar-refractivity contribution in [2.24, 2.45) is 0 Å². The van der Waals surface area contributed by atoms with E-state index in [1.54, 1.807) is 0 Å². The van der Waals surface area contributed by atoms with Gasteiger partial charge < -0.3 is 14.6 Å². The van der Waals surface area contributed by atoms with Crippen LogP contribution in [-0.2, 0) is 9.47 Å². The van der Waals surface area contributed by atoms with Crippen LogP contribution in [0.4, 0.5) is 0 Å². The van der Waals surface area contributed by atoms with Crippen molar-refractivity contribution in [3.63, 3.8) is 0 Å². The first-order valence-electron chi connectivity index (χ1n) is 6.47. The lowest BCUT2D eigenvalue weighted by atomic mass is 10.1. The molecule has 4 heteroatoms. The zero-order valence-corrected chi connectivity index (χ0v) is 11.8. The van der Waals surface area contributed by atoms with Gasteiger partial charge in [-0.1, -0.05) is 0 Å². The first-order chi connectivity index (χ1) is 7.79. The molecule has 0 radical (unpaired) electrons. The van der Waals surface area contributed by atoms with Gasteiger partial charge in [0.05, 0.1) is 31.0 Å². The second kappa shape index (κ2) is 6.14. The quantitative estimate of drug-likeness (QED) is 0.810. The summed E-state index contributed by atoms with van der Waals surface area (Å²) in [7, 11) is 0. The van der Waals surface area contributed by atoms with Gasteiger partial charge in [-0.25, -0.2) is 0 Å². The number of morpholine rings is 1. The van der Waals surface area contributed by atoms with Gasteiger partial charge in [0.2, 0.25) is 0 Å². The Balaban J connectivity index is 2.32. The van der Waals surface area contributed by atoms with Gasteiger partial charge in [0.25, 0.3) is 0 Å². The molecule has 0 amide bonds. The van der Waals surface area contributed by atoms with Crippen molar-refractivity contribution < 1.29 is 14.6 Å². The van der Waals surface area contributed by atoms with Gasteiger partial charge in [-0.15, -0.1) is 0 Å². The average molecular weight is 245 g/mol. The van der Waals surface area contributed by atoms with E-state index in [2.05, 4.69) is 18.7 Å². The van der Waals surface area contributed by atoms with E-state index in [1.807, 2.05) is 20.8 Å². The van der Waals surface area contributed by atoms with Crippen LogP contribution in [0.5, 0.6) is 0 Å². The van der Waals surface area contributed by atoms with E-state index in [4.69, 9.17) is 9.47 Å². The van der Waals surface area contributed by atoms with Gasteiger partial charge in [0.15, 0.2) is 0 Å². The predicted molar refractivity (Wildman–Crippen MR) is 68.2 cm³/mol. The number of hydrogen-bond donors (Lipinski definition) is 1. The molecule has 0 spiro atoms. The lowest BCUT2D eigenvalue weighted by Crippen LogP contribution is -2.51. The topological polar surface area (TPSA) is 41.9 Å². The minimum atomic E-state index is -0.429. The Morgan fingerprint density at radius 1 is 1.41 bits per heavy atom. The second-order valence-electron chi connectivity index (χ2n) is 5.89. The molecule has 102 valence electrons. The first-order valence-corrected chi connectivity index (χ1v) is 6.47. The summed E-state index contributed by atoms with van der Waals surface area (Å²) in [5, 5.41) is 9.96. The molecule has 3 unspecified atom stereocenters. The Labute approximate surface area is 105 Å². The molecule has 1 saturated heterocycles.